The molecule has 4 heterocycles. The number of nitrogens with zero attached hydrogens (tertiary/aromatic N) is 1. The summed E-state index contributed by atoms with van der Waals surface area (Å²) in [5, 5.41) is 4.55. The van der Waals surface area contributed by atoms with E-state index in [4.69, 9.17) is 4.42 Å². The quantitative estimate of drug-likeness (QED) is 0.165. The molecule has 0 saturated heterocycles. The molecule has 0 bridgehead atoms. The molecule has 1 aromatic heterocycles. The van der Waals surface area contributed by atoms with Crippen molar-refractivity contribution in [2.24, 2.45) is 0 Å². The third kappa shape index (κ3) is 5.12. The first-order valence-electron chi connectivity index (χ1n) is 22.9. The van der Waals surface area contributed by atoms with Crippen molar-refractivity contribution >= 4 is 73.8 Å². The molecule has 316 valence electrons. The Morgan fingerprint density at radius 3 is 1.64 bits per heavy atom. The van der Waals surface area contributed by atoms with Gasteiger partial charge in [-0.2, -0.15) is 0 Å². The van der Waals surface area contributed by atoms with Gasteiger partial charge >= 0.3 is 0 Å². The minimum Gasteiger partial charge on any atom is -0.456 e. The van der Waals surface area contributed by atoms with Crippen molar-refractivity contribution in [3.8, 4) is 0 Å². The van der Waals surface area contributed by atoms with Crippen LogP contribution in [0.4, 0.5) is 17.1 Å². The molecule has 11 aromatic rings. The van der Waals surface area contributed by atoms with Crippen molar-refractivity contribution in [1.29, 1.82) is 0 Å². The first-order chi connectivity index (χ1) is 33.1. The molecular formula is C62H40NO2PS. The average Bonchev–Trinajstić information content (AvgIpc) is 3.77. The minimum atomic E-state index is -3.45. The summed E-state index contributed by atoms with van der Waals surface area (Å²) < 4.78 is 23.3. The summed E-state index contributed by atoms with van der Waals surface area (Å²) in [4.78, 5) is 4.80. The van der Waals surface area contributed by atoms with Crippen LogP contribution >= 0.6 is 18.9 Å². The molecule has 0 saturated carbocycles. The maximum absolute atomic E-state index is 16.7. The van der Waals surface area contributed by atoms with Gasteiger partial charge in [-0.15, -0.1) is 0 Å². The van der Waals surface area contributed by atoms with Crippen molar-refractivity contribution in [3.63, 3.8) is 0 Å². The van der Waals surface area contributed by atoms with Crippen molar-refractivity contribution in [2.45, 2.75) is 20.6 Å². The third-order valence-corrected chi connectivity index (χ3v) is 18.9. The van der Waals surface area contributed by atoms with Gasteiger partial charge in [-0.25, -0.2) is 0 Å². The average molecular weight is 894 g/mol. The maximum atomic E-state index is 16.7. The fourth-order valence-corrected chi connectivity index (χ4v) is 16.4. The lowest BCUT2D eigenvalue weighted by Crippen LogP contribution is -2.48. The third-order valence-electron chi connectivity index (χ3n) is 14.7. The van der Waals surface area contributed by atoms with Crippen LogP contribution in [0.2, 0.25) is 0 Å². The fourth-order valence-electron chi connectivity index (χ4n) is 12.0. The monoisotopic (exact) mass is 893 g/mol. The normalized spacial score (nSPS) is 18.4. The van der Waals surface area contributed by atoms with Gasteiger partial charge in [0.25, 0.3) is 0 Å². The predicted molar refractivity (Wildman–Crippen MR) is 276 cm³/mol. The molecule has 0 amide bonds. The molecule has 3 nitrogen and oxygen atoms in total. The number of furan rings is 1. The number of hydrogen-bond donors (Lipinski definition) is 0. The van der Waals surface area contributed by atoms with Crippen molar-refractivity contribution in [3.05, 3.63) is 287 Å². The zero-order chi connectivity index (χ0) is 44.3. The van der Waals surface area contributed by atoms with E-state index < -0.39 is 18.0 Å². The Balaban J connectivity index is 1.06. The van der Waals surface area contributed by atoms with Crippen LogP contribution in [0.3, 0.4) is 0 Å². The van der Waals surface area contributed by atoms with Gasteiger partial charge in [-0.05, 0) is 93.0 Å². The molecular weight excluding hydrogens is 854 g/mol. The van der Waals surface area contributed by atoms with Crippen molar-refractivity contribution in [1.82, 2.24) is 0 Å². The second kappa shape index (κ2) is 14.4. The molecule has 0 aliphatic carbocycles. The Bertz CT molecular complexity index is 3760. The smallest absolute Gasteiger partial charge is 0.171 e. The van der Waals surface area contributed by atoms with E-state index in [1.54, 1.807) is 0 Å². The van der Waals surface area contributed by atoms with Gasteiger partial charge in [-0.1, -0.05) is 206 Å². The SMILES string of the molecule is O=P1(c2ccccc2)c2ccccc2C2(c3ccccc3Sc3cc(N4c5ccccc5C(c5ccccc5)(c5ccccc5)c5ccccc54)ccc32)c2cc3c(cc21)oc1ccccc13. The lowest BCUT2D eigenvalue weighted by Gasteiger charge is -2.48. The molecule has 67 heavy (non-hydrogen) atoms. The highest BCUT2D eigenvalue weighted by atomic mass is 32.2. The number of fused-ring (bicyclic) bond motifs is 13. The van der Waals surface area contributed by atoms with Crippen LogP contribution in [0, 0.1) is 0 Å². The summed E-state index contributed by atoms with van der Waals surface area (Å²) in [6, 6.07) is 87.1. The highest BCUT2D eigenvalue weighted by molar-refractivity contribution is 7.99. The molecule has 0 radical (unpaired) electrons. The number of rotatable bonds is 4. The molecule has 0 N–H and O–H groups in total. The Morgan fingerprint density at radius 2 is 0.940 bits per heavy atom. The molecule has 5 heteroatoms. The van der Waals surface area contributed by atoms with Crippen LogP contribution in [0.15, 0.2) is 257 Å². The number of anilines is 3. The Kier molecular flexibility index (Phi) is 8.32. The van der Waals surface area contributed by atoms with Gasteiger partial charge in [0.15, 0.2) is 7.14 Å². The van der Waals surface area contributed by atoms with Crippen LogP contribution in [-0.2, 0) is 15.4 Å². The summed E-state index contributed by atoms with van der Waals surface area (Å²) >= 11 is 1.82. The zero-order valence-electron chi connectivity index (χ0n) is 36.2. The molecule has 14 rings (SSSR count). The molecule has 10 aromatic carbocycles. The molecule has 1 spiro atoms. The first kappa shape index (κ1) is 38.6. The van der Waals surface area contributed by atoms with Gasteiger partial charge in [0.1, 0.15) is 11.2 Å². The molecule has 2 atom stereocenters. The Labute approximate surface area is 393 Å². The van der Waals surface area contributed by atoms with E-state index in [0.717, 1.165) is 70.9 Å². The number of benzene rings is 10. The van der Waals surface area contributed by atoms with Gasteiger partial charge in [-0.3, -0.25) is 0 Å². The van der Waals surface area contributed by atoms with E-state index in [2.05, 4.69) is 205 Å². The van der Waals surface area contributed by atoms with E-state index in [0.29, 0.717) is 0 Å². The largest absolute Gasteiger partial charge is 0.456 e. The van der Waals surface area contributed by atoms with Gasteiger partial charge in [0.05, 0.1) is 22.2 Å². The lowest BCUT2D eigenvalue weighted by atomic mass is 9.62. The standard InChI is InChI=1S/C62H40NO2PS/c64-66(44-24-8-3-9-25-44)57-34-18-13-29-49(57)62(52-39-46-45-26-10-17-33-55(45)65-56(46)40-58(52)66)50-30-14-19-35-59(50)67-60-38-43(36-37-51(60)62)63-53-31-15-11-27-47(53)61(41-20-4-1-5-21-41,42-22-6-2-7-23-42)48-28-12-16-32-54(48)63/h1-40H. The lowest BCUT2D eigenvalue weighted by molar-refractivity contribution is 0.589. The predicted octanol–water partition coefficient (Wildman–Crippen LogP) is 14.6. The van der Waals surface area contributed by atoms with E-state index in [1.807, 2.05) is 54.2 Å². The summed E-state index contributed by atoms with van der Waals surface area (Å²) in [6.45, 7) is 0. The highest BCUT2D eigenvalue weighted by Crippen LogP contribution is 2.64. The summed E-state index contributed by atoms with van der Waals surface area (Å²) in [5.41, 5.74) is 12.8. The van der Waals surface area contributed by atoms with Gasteiger partial charge < -0.3 is 13.9 Å². The Hall–Kier alpha value is -7.62. The van der Waals surface area contributed by atoms with E-state index >= 15 is 4.57 Å². The van der Waals surface area contributed by atoms with E-state index in [-0.39, 0.29) is 0 Å². The summed E-state index contributed by atoms with van der Waals surface area (Å²) in [7, 11) is -3.45. The maximum Gasteiger partial charge on any atom is 0.171 e. The molecule has 2 unspecified atom stereocenters. The first-order valence-corrected chi connectivity index (χ1v) is 25.4. The van der Waals surface area contributed by atoms with Crippen LogP contribution in [0.25, 0.3) is 21.9 Å². The van der Waals surface area contributed by atoms with E-state index in [9.17, 15) is 0 Å². The number of hydrogen-bond acceptors (Lipinski definition) is 4. The molecule has 3 aliphatic rings. The van der Waals surface area contributed by atoms with Crippen LogP contribution in [-0.4, -0.2) is 0 Å². The minimum absolute atomic E-state index is 0.567. The second-order valence-corrected chi connectivity index (χ2v) is 21.6. The van der Waals surface area contributed by atoms with E-state index in [1.165, 1.54) is 38.3 Å². The van der Waals surface area contributed by atoms with Crippen molar-refractivity contribution in [2.75, 3.05) is 4.90 Å². The van der Waals surface area contributed by atoms with Gasteiger partial charge in [0, 0.05) is 42.2 Å². The second-order valence-electron chi connectivity index (χ2n) is 17.8. The Morgan fingerprint density at radius 1 is 0.388 bits per heavy atom. The summed E-state index contributed by atoms with van der Waals surface area (Å²) in [6.07, 6.45) is 0. The van der Waals surface area contributed by atoms with Crippen LogP contribution in [0.5, 0.6) is 0 Å². The topological polar surface area (TPSA) is 33.5 Å². The summed E-state index contributed by atoms with van der Waals surface area (Å²) in [5.74, 6) is 0. The number of para-hydroxylation sites is 3. The van der Waals surface area contributed by atoms with Crippen LogP contribution < -0.4 is 20.8 Å². The zero-order valence-corrected chi connectivity index (χ0v) is 37.9. The van der Waals surface area contributed by atoms with Gasteiger partial charge in [0.2, 0.25) is 0 Å². The fraction of sp³-hybridized carbons (Fsp3) is 0.0323. The molecule has 3 aliphatic heterocycles. The van der Waals surface area contributed by atoms with Crippen molar-refractivity contribution < 1.29 is 8.98 Å². The molecule has 0 fully saturated rings. The van der Waals surface area contributed by atoms with Crippen LogP contribution in [0.1, 0.15) is 44.5 Å². The highest BCUT2D eigenvalue weighted by Gasteiger charge is 2.55.